The van der Waals surface area contributed by atoms with Gasteiger partial charge in [-0.3, -0.25) is 9.59 Å². The molecule has 19 heavy (non-hydrogen) atoms. The molecule has 2 rings (SSSR count). The molecule has 0 radical (unpaired) electrons. The van der Waals surface area contributed by atoms with E-state index in [1.807, 2.05) is 6.92 Å². The summed E-state index contributed by atoms with van der Waals surface area (Å²) in [5, 5.41) is 11.7. The highest BCUT2D eigenvalue weighted by molar-refractivity contribution is 7.09. The topological polar surface area (TPSA) is 96.5 Å². The van der Waals surface area contributed by atoms with Crippen molar-refractivity contribution >= 4 is 23.2 Å². The molecule has 0 bridgehead atoms. The van der Waals surface area contributed by atoms with Crippen molar-refractivity contribution in [2.24, 2.45) is 11.1 Å². The van der Waals surface area contributed by atoms with Gasteiger partial charge in [0.25, 0.3) is 5.91 Å². The molecule has 0 spiro atoms. The number of nitrogens with two attached hydrogens (primary N) is 1. The smallest absolute Gasteiger partial charge is 0.311 e. The van der Waals surface area contributed by atoms with Crippen LogP contribution in [0.2, 0.25) is 0 Å². The highest BCUT2D eigenvalue weighted by Crippen LogP contribution is 2.34. The van der Waals surface area contributed by atoms with E-state index in [-0.39, 0.29) is 12.5 Å². The van der Waals surface area contributed by atoms with Gasteiger partial charge in [0.1, 0.15) is 10.7 Å². The zero-order chi connectivity index (χ0) is 14.0. The van der Waals surface area contributed by atoms with Crippen LogP contribution < -0.4 is 5.73 Å². The summed E-state index contributed by atoms with van der Waals surface area (Å²) in [7, 11) is 0. The molecule has 1 unspecified atom stereocenters. The fourth-order valence-corrected chi connectivity index (χ4v) is 2.97. The highest BCUT2D eigenvalue weighted by Gasteiger charge is 2.45. The molecule has 1 atom stereocenters. The Balaban J connectivity index is 2.12. The Kier molecular flexibility index (Phi) is 3.86. The van der Waals surface area contributed by atoms with Crippen molar-refractivity contribution in [1.82, 2.24) is 9.88 Å². The number of nitrogens with zero attached hydrogens (tertiary/aromatic N) is 2. The summed E-state index contributed by atoms with van der Waals surface area (Å²) in [6, 6.07) is 0. The summed E-state index contributed by atoms with van der Waals surface area (Å²) in [4.78, 5) is 29.3. The van der Waals surface area contributed by atoms with Gasteiger partial charge in [0, 0.05) is 25.0 Å². The van der Waals surface area contributed by atoms with Gasteiger partial charge in [-0.1, -0.05) is 6.92 Å². The second kappa shape index (κ2) is 5.26. The lowest BCUT2D eigenvalue weighted by Crippen LogP contribution is -2.36. The minimum absolute atomic E-state index is 0.201. The largest absolute Gasteiger partial charge is 0.481 e. The van der Waals surface area contributed by atoms with Crippen molar-refractivity contribution in [1.29, 1.82) is 0 Å². The van der Waals surface area contributed by atoms with Crippen molar-refractivity contribution < 1.29 is 14.7 Å². The van der Waals surface area contributed by atoms with Gasteiger partial charge in [-0.15, -0.1) is 11.3 Å². The fraction of sp³-hybridized carbons (Fsp3) is 0.583. The van der Waals surface area contributed by atoms with Crippen LogP contribution in [0.25, 0.3) is 0 Å². The Hall–Kier alpha value is -1.47. The van der Waals surface area contributed by atoms with Crippen LogP contribution in [-0.2, 0) is 11.3 Å². The number of carbonyl (C=O) groups excluding carboxylic acids is 1. The minimum Gasteiger partial charge on any atom is -0.481 e. The Morgan fingerprint density at radius 1 is 1.63 bits per heavy atom. The van der Waals surface area contributed by atoms with Gasteiger partial charge in [0.15, 0.2) is 0 Å². The van der Waals surface area contributed by atoms with Gasteiger partial charge >= 0.3 is 5.97 Å². The third-order valence-electron chi connectivity index (χ3n) is 3.72. The normalized spacial score (nSPS) is 22.7. The average Bonchev–Trinajstić information content (AvgIpc) is 3.05. The first-order valence-corrected chi connectivity index (χ1v) is 7.07. The van der Waals surface area contributed by atoms with E-state index in [2.05, 4.69) is 4.98 Å². The van der Waals surface area contributed by atoms with Crippen LogP contribution >= 0.6 is 11.3 Å². The van der Waals surface area contributed by atoms with E-state index in [9.17, 15) is 14.7 Å². The number of carbonyl (C=O) groups is 2. The maximum Gasteiger partial charge on any atom is 0.311 e. The molecule has 2 heterocycles. The Morgan fingerprint density at radius 2 is 2.37 bits per heavy atom. The first kappa shape index (κ1) is 14.0. The van der Waals surface area contributed by atoms with Crippen molar-refractivity contribution in [3.05, 3.63) is 16.1 Å². The number of aliphatic carboxylic acids is 1. The second-order valence-electron chi connectivity index (χ2n) is 4.75. The van der Waals surface area contributed by atoms with Crippen LogP contribution in [0.3, 0.4) is 0 Å². The molecule has 1 aromatic heterocycles. The summed E-state index contributed by atoms with van der Waals surface area (Å²) in [6.45, 7) is 2.88. The quantitative estimate of drug-likeness (QED) is 0.856. The van der Waals surface area contributed by atoms with Gasteiger partial charge < -0.3 is 15.7 Å². The molecule has 1 aliphatic rings. The zero-order valence-electron chi connectivity index (χ0n) is 10.8. The molecule has 1 fully saturated rings. The molecular formula is C12H17N3O3S. The van der Waals surface area contributed by atoms with Gasteiger partial charge in [0.2, 0.25) is 0 Å². The molecule has 0 saturated carbocycles. The van der Waals surface area contributed by atoms with E-state index in [1.165, 1.54) is 11.3 Å². The monoisotopic (exact) mass is 283 g/mol. The lowest BCUT2D eigenvalue weighted by Gasteiger charge is -2.22. The minimum atomic E-state index is -0.828. The number of hydrogen-bond acceptors (Lipinski definition) is 5. The number of rotatable bonds is 4. The molecule has 104 valence electrons. The van der Waals surface area contributed by atoms with Gasteiger partial charge in [-0.25, -0.2) is 4.98 Å². The summed E-state index contributed by atoms with van der Waals surface area (Å²) in [5.41, 5.74) is 5.03. The first-order valence-electron chi connectivity index (χ1n) is 6.19. The van der Waals surface area contributed by atoms with Gasteiger partial charge in [-0.2, -0.15) is 0 Å². The molecule has 7 heteroatoms. The molecule has 0 aliphatic carbocycles. The van der Waals surface area contributed by atoms with Crippen molar-refractivity contribution in [2.45, 2.75) is 26.3 Å². The number of carboxylic acid groups (broad SMARTS) is 1. The number of aromatic nitrogens is 1. The highest BCUT2D eigenvalue weighted by atomic mass is 32.1. The predicted molar refractivity (Wildman–Crippen MR) is 70.9 cm³/mol. The summed E-state index contributed by atoms with van der Waals surface area (Å²) >= 11 is 1.35. The van der Waals surface area contributed by atoms with E-state index in [1.54, 1.807) is 10.3 Å². The molecule has 6 nitrogen and oxygen atoms in total. The zero-order valence-corrected chi connectivity index (χ0v) is 11.6. The van der Waals surface area contributed by atoms with Crippen LogP contribution in [0.4, 0.5) is 0 Å². The van der Waals surface area contributed by atoms with Crippen LogP contribution in [0.5, 0.6) is 0 Å². The fourth-order valence-electron chi connectivity index (χ4n) is 2.33. The van der Waals surface area contributed by atoms with Crippen LogP contribution in [0, 0.1) is 5.41 Å². The summed E-state index contributed by atoms with van der Waals surface area (Å²) in [5.74, 6) is -1.03. The standard InChI is InChI=1S/C12H17N3O3S/c1-2-12(11(17)18)3-4-15(7-12)10(16)8-6-19-9(5-13)14-8/h6H,2-5,7,13H2,1H3,(H,17,18). The van der Waals surface area contributed by atoms with Gasteiger partial charge in [-0.05, 0) is 12.8 Å². The molecule has 3 N–H and O–H groups in total. The van der Waals surface area contributed by atoms with E-state index < -0.39 is 11.4 Å². The lowest BCUT2D eigenvalue weighted by molar-refractivity contribution is -0.148. The molecule has 0 aromatic carbocycles. The van der Waals surface area contributed by atoms with Crippen molar-refractivity contribution in [3.8, 4) is 0 Å². The van der Waals surface area contributed by atoms with Gasteiger partial charge in [0.05, 0.1) is 5.41 Å². The third kappa shape index (κ3) is 2.48. The molecule has 1 aromatic rings. The number of carboxylic acids is 1. The number of thiazole rings is 1. The summed E-state index contributed by atoms with van der Waals surface area (Å²) < 4.78 is 0. The molecular weight excluding hydrogens is 266 g/mol. The Bertz CT molecular complexity index is 502. The first-order chi connectivity index (χ1) is 9.02. The Labute approximate surface area is 115 Å². The van der Waals surface area contributed by atoms with Crippen LogP contribution in [0.1, 0.15) is 35.3 Å². The lowest BCUT2D eigenvalue weighted by atomic mass is 9.84. The average molecular weight is 283 g/mol. The Morgan fingerprint density at radius 3 is 2.84 bits per heavy atom. The number of amides is 1. The second-order valence-corrected chi connectivity index (χ2v) is 5.69. The molecule has 1 aliphatic heterocycles. The maximum absolute atomic E-state index is 12.2. The van der Waals surface area contributed by atoms with E-state index >= 15 is 0 Å². The third-order valence-corrected chi connectivity index (χ3v) is 4.59. The van der Waals surface area contributed by atoms with Crippen LogP contribution in [-0.4, -0.2) is 40.0 Å². The van der Waals surface area contributed by atoms with E-state index in [0.29, 0.717) is 36.6 Å². The van der Waals surface area contributed by atoms with E-state index in [0.717, 1.165) is 0 Å². The number of likely N-dealkylation sites (tertiary alicyclic amines) is 1. The predicted octanol–water partition coefficient (Wildman–Crippen LogP) is 0.929. The van der Waals surface area contributed by atoms with Crippen LogP contribution in [0.15, 0.2) is 5.38 Å². The SMILES string of the molecule is CCC1(C(=O)O)CCN(C(=O)c2csc(CN)n2)C1. The maximum atomic E-state index is 12.2. The van der Waals surface area contributed by atoms with Crippen molar-refractivity contribution in [3.63, 3.8) is 0 Å². The summed E-state index contributed by atoms with van der Waals surface area (Å²) in [6.07, 6.45) is 1.02. The molecule has 1 saturated heterocycles. The van der Waals surface area contributed by atoms with Crippen molar-refractivity contribution in [2.75, 3.05) is 13.1 Å². The van der Waals surface area contributed by atoms with E-state index in [4.69, 9.17) is 5.73 Å². The number of hydrogen-bond donors (Lipinski definition) is 2. The molecule has 1 amide bonds.